The number of rotatable bonds is 6. The molecule has 30 heavy (non-hydrogen) atoms. The molecule has 0 spiro atoms. The van der Waals surface area contributed by atoms with Gasteiger partial charge in [-0.1, -0.05) is 52.2 Å². The van der Waals surface area contributed by atoms with Crippen LogP contribution in [0.3, 0.4) is 0 Å². The molecule has 4 aliphatic rings. The van der Waals surface area contributed by atoms with Gasteiger partial charge in [-0.2, -0.15) is 0 Å². The zero-order chi connectivity index (χ0) is 21.5. The minimum atomic E-state index is 0.531. The van der Waals surface area contributed by atoms with E-state index < -0.39 is 0 Å². The number of aliphatic hydroxyl groups is 1. The van der Waals surface area contributed by atoms with Crippen LogP contribution in [0.4, 0.5) is 0 Å². The largest absolute Gasteiger partial charge is 0.516 e. The van der Waals surface area contributed by atoms with E-state index in [4.69, 9.17) is 0 Å². The van der Waals surface area contributed by atoms with Crippen molar-refractivity contribution in [3.63, 3.8) is 0 Å². The van der Waals surface area contributed by atoms with Crippen LogP contribution >= 0.6 is 0 Å². The summed E-state index contributed by atoms with van der Waals surface area (Å²) in [4.78, 5) is 0. The first kappa shape index (κ1) is 22.5. The molecular weight excluding hydrogens is 364 g/mol. The first-order valence-corrected chi connectivity index (χ1v) is 13.4. The summed E-state index contributed by atoms with van der Waals surface area (Å²) in [5.41, 5.74) is 4.23. The van der Waals surface area contributed by atoms with Crippen molar-refractivity contribution in [1.29, 1.82) is 0 Å². The van der Waals surface area contributed by atoms with Crippen molar-refractivity contribution in [3.8, 4) is 0 Å². The van der Waals surface area contributed by atoms with Gasteiger partial charge in [-0.25, -0.2) is 0 Å². The van der Waals surface area contributed by atoms with Gasteiger partial charge >= 0.3 is 0 Å². The standard InChI is InChI=1S/C29H48O/c1-6-22(21(3)19-30)11-10-20(2)25-14-15-26-24-13-12-23-9-7-8-17-28(23,4)27(24)16-18-29(25,26)5/h13,19-20,22-23,25-27,30H,6-12,14-18H2,1-5H3/t20-,22+,23?,25-,26+,27+,28+,29-/m1/s1. The topological polar surface area (TPSA) is 20.2 Å². The van der Waals surface area contributed by atoms with E-state index in [-0.39, 0.29) is 0 Å². The third kappa shape index (κ3) is 3.61. The Kier molecular flexibility index (Phi) is 6.49. The van der Waals surface area contributed by atoms with E-state index in [9.17, 15) is 5.11 Å². The van der Waals surface area contributed by atoms with Gasteiger partial charge in [0.2, 0.25) is 0 Å². The Morgan fingerprint density at radius 3 is 2.57 bits per heavy atom. The maximum Gasteiger partial charge on any atom is 0.0783 e. The Labute approximate surface area is 186 Å². The molecule has 170 valence electrons. The highest BCUT2D eigenvalue weighted by Gasteiger charge is 2.57. The summed E-state index contributed by atoms with van der Waals surface area (Å²) in [5, 5.41) is 9.45. The number of aliphatic hydroxyl groups excluding tert-OH is 1. The third-order valence-electron chi connectivity index (χ3n) is 11.1. The molecular formula is C29H48O. The van der Waals surface area contributed by atoms with Crippen LogP contribution in [-0.4, -0.2) is 5.11 Å². The van der Waals surface area contributed by atoms with Crippen LogP contribution in [0.5, 0.6) is 0 Å². The molecule has 4 rings (SSSR count). The average Bonchev–Trinajstić information content (AvgIpc) is 3.10. The minimum Gasteiger partial charge on any atom is -0.516 e. The first-order valence-electron chi connectivity index (χ1n) is 13.4. The molecule has 0 aromatic heterocycles. The van der Waals surface area contributed by atoms with Gasteiger partial charge in [-0.15, -0.1) is 0 Å². The Morgan fingerprint density at radius 1 is 1.07 bits per heavy atom. The van der Waals surface area contributed by atoms with Crippen molar-refractivity contribution in [1.82, 2.24) is 0 Å². The van der Waals surface area contributed by atoms with Crippen LogP contribution in [0.2, 0.25) is 0 Å². The molecule has 0 aromatic carbocycles. The number of hydrogen-bond donors (Lipinski definition) is 1. The Hall–Kier alpha value is -0.720. The molecule has 0 saturated heterocycles. The third-order valence-corrected chi connectivity index (χ3v) is 11.1. The van der Waals surface area contributed by atoms with Crippen LogP contribution in [0.25, 0.3) is 0 Å². The zero-order valence-electron chi connectivity index (χ0n) is 20.6. The molecule has 0 amide bonds. The van der Waals surface area contributed by atoms with Gasteiger partial charge in [-0.3, -0.25) is 0 Å². The summed E-state index contributed by atoms with van der Waals surface area (Å²) >= 11 is 0. The summed E-state index contributed by atoms with van der Waals surface area (Å²) in [6.45, 7) is 12.3. The SMILES string of the molecule is CC[C@@H](CC[C@@H](C)[C@H]1CC[C@H]2C3=CCC4CCCC[C@]4(C)[C@H]3CC[C@]12C)C(C)=CO. The number of allylic oxidation sites excluding steroid dienone is 3. The summed E-state index contributed by atoms with van der Waals surface area (Å²) < 4.78 is 0. The maximum atomic E-state index is 9.45. The van der Waals surface area contributed by atoms with Crippen molar-refractivity contribution < 1.29 is 5.11 Å². The fourth-order valence-corrected chi connectivity index (χ4v) is 9.04. The molecule has 0 bridgehead atoms. The maximum absolute atomic E-state index is 9.45. The summed E-state index contributed by atoms with van der Waals surface area (Å²) in [6, 6.07) is 0. The molecule has 1 N–H and O–H groups in total. The monoisotopic (exact) mass is 412 g/mol. The Bertz CT molecular complexity index is 674. The summed E-state index contributed by atoms with van der Waals surface area (Å²) in [5.74, 6) is 4.98. The second-order valence-corrected chi connectivity index (χ2v) is 12.3. The second kappa shape index (κ2) is 8.67. The number of fused-ring (bicyclic) bond motifs is 5. The lowest BCUT2D eigenvalue weighted by Crippen LogP contribution is -2.48. The average molecular weight is 413 g/mol. The highest BCUT2D eigenvalue weighted by Crippen LogP contribution is 2.67. The van der Waals surface area contributed by atoms with Crippen molar-refractivity contribution in [2.45, 2.75) is 112 Å². The molecule has 0 heterocycles. The minimum absolute atomic E-state index is 0.531. The lowest BCUT2D eigenvalue weighted by atomic mass is 9.48. The first-order chi connectivity index (χ1) is 14.3. The van der Waals surface area contributed by atoms with E-state index in [1.807, 2.05) is 5.57 Å². The molecule has 1 unspecified atom stereocenters. The molecule has 1 nitrogen and oxygen atoms in total. The van der Waals surface area contributed by atoms with Crippen molar-refractivity contribution in [2.24, 2.45) is 46.3 Å². The zero-order valence-corrected chi connectivity index (χ0v) is 20.6. The highest BCUT2D eigenvalue weighted by atomic mass is 16.2. The van der Waals surface area contributed by atoms with Crippen molar-refractivity contribution in [3.05, 3.63) is 23.5 Å². The van der Waals surface area contributed by atoms with Crippen LogP contribution in [0.1, 0.15) is 112 Å². The molecule has 1 heteroatoms. The smallest absolute Gasteiger partial charge is 0.0783 e. The lowest BCUT2D eigenvalue weighted by molar-refractivity contribution is -0.00813. The van der Waals surface area contributed by atoms with Crippen LogP contribution in [-0.2, 0) is 0 Å². The summed E-state index contributed by atoms with van der Waals surface area (Å²) in [7, 11) is 0. The quantitative estimate of drug-likeness (QED) is 0.341. The molecule has 3 fully saturated rings. The fraction of sp³-hybridized carbons (Fsp3) is 0.862. The van der Waals surface area contributed by atoms with Crippen LogP contribution in [0, 0.1) is 46.3 Å². The van der Waals surface area contributed by atoms with Gasteiger partial charge in [-0.05, 0) is 123 Å². The summed E-state index contributed by atoms with van der Waals surface area (Å²) in [6.07, 6.45) is 20.9. The Balaban J connectivity index is 1.48. The van der Waals surface area contributed by atoms with Gasteiger partial charge in [0.15, 0.2) is 0 Å². The van der Waals surface area contributed by atoms with Crippen LogP contribution < -0.4 is 0 Å². The number of hydrogen-bond acceptors (Lipinski definition) is 1. The van der Waals surface area contributed by atoms with Gasteiger partial charge in [0.1, 0.15) is 0 Å². The van der Waals surface area contributed by atoms with E-state index in [1.165, 1.54) is 82.5 Å². The van der Waals surface area contributed by atoms with Crippen molar-refractivity contribution in [2.75, 3.05) is 0 Å². The van der Waals surface area contributed by atoms with Gasteiger partial charge in [0, 0.05) is 0 Å². The predicted molar refractivity (Wildman–Crippen MR) is 128 cm³/mol. The molecule has 8 atom stereocenters. The highest BCUT2D eigenvalue weighted by molar-refractivity contribution is 5.27. The van der Waals surface area contributed by atoms with Gasteiger partial charge in [0.05, 0.1) is 6.26 Å². The van der Waals surface area contributed by atoms with Gasteiger partial charge < -0.3 is 5.11 Å². The molecule has 0 radical (unpaired) electrons. The predicted octanol–water partition coefficient (Wildman–Crippen LogP) is 8.86. The second-order valence-electron chi connectivity index (χ2n) is 12.3. The van der Waals surface area contributed by atoms with E-state index in [1.54, 1.807) is 0 Å². The fourth-order valence-electron chi connectivity index (χ4n) is 9.04. The molecule has 3 saturated carbocycles. The van der Waals surface area contributed by atoms with E-state index >= 15 is 0 Å². The normalized spacial score (nSPS) is 43.2. The van der Waals surface area contributed by atoms with E-state index in [0.717, 1.165) is 36.0 Å². The Morgan fingerprint density at radius 2 is 1.83 bits per heavy atom. The van der Waals surface area contributed by atoms with E-state index in [0.29, 0.717) is 16.7 Å². The van der Waals surface area contributed by atoms with E-state index in [2.05, 4.69) is 40.7 Å². The van der Waals surface area contributed by atoms with Crippen LogP contribution in [0.15, 0.2) is 23.5 Å². The van der Waals surface area contributed by atoms with Gasteiger partial charge in [0.25, 0.3) is 0 Å². The van der Waals surface area contributed by atoms with Crippen molar-refractivity contribution >= 4 is 0 Å². The molecule has 0 aliphatic heterocycles. The molecule has 4 aliphatic carbocycles. The lowest BCUT2D eigenvalue weighted by Gasteiger charge is -2.57. The molecule has 0 aromatic rings.